The van der Waals surface area contributed by atoms with Gasteiger partial charge in [0, 0.05) is 30.5 Å². The number of hydrogen-bond donors (Lipinski definition) is 1. The van der Waals surface area contributed by atoms with Crippen LogP contribution in [0.4, 0.5) is 0 Å². The maximum absolute atomic E-state index is 5.96. The molecule has 1 atom stereocenters. The van der Waals surface area contributed by atoms with Crippen LogP contribution in [-0.2, 0) is 13.0 Å². The molecule has 2 aliphatic rings. The summed E-state index contributed by atoms with van der Waals surface area (Å²) in [6.07, 6.45) is 1.15. The second-order valence-electron chi connectivity index (χ2n) is 6.39. The number of thiazole rings is 1. The molecule has 132 valence electrons. The van der Waals surface area contributed by atoms with Crippen LogP contribution in [0, 0.1) is 0 Å². The molecule has 0 amide bonds. The van der Waals surface area contributed by atoms with Crippen molar-refractivity contribution in [3.8, 4) is 27.8 Å². The van der Waals surface area contributed by atoms with Crippen LogP contribution in [0.25, 0.3) is 10.6 Å². The van der Waals surface area contributed by atoms with Gasteiger partial charge in [0.25, 0.3) is 0 Å². The van der Waals surface area contributed by atoms with Gasteiger partial charge in [0.1, 0.15) is 16.9 Å². The summed E-state index contributed by atoms with van der Waals surface area (Å²) >= 11 is 1.64. The Hall–Kier alpha value is -2.57. The summed E-state index contributed by atoms with van der Waals surface area (Å²) in [6.45, 7) is 1.84. The number of ether oxygens (including phenoxy) is 3. The molecule has 5 rings (SSSR count). The fourth-order valence-corrected chi connectivity index (χ4v) is 4.10. The molecule has 1 aromatic heterocycles. The van der Waals surface area contributed by atoms with Crippen molar-refractivity contribution in [1.82, 2.24) is 10.3 Å². The lowest BCUT2D eigenvalue weighted by Crippen LogP contribution is -2.29. The van der Waals surface area contributed by atoms with Gasteiger partial charge >= 0.3 is 0 Å². The Morgan fingerprint density at radius 1 is 1.08 bits per heavy atom. The Bertz CT molecular complexity index is 915. The van der Waals surface area contributed by atoms with E-state index in [4.69, 9.17) is 19.2 Å². The first-order chi connectivity index (χ1) is 12.8. The van der Waals surface area contributed by atoms with E-state index in [2.05, 4.69) is 22.8 Å². The third-order valence-corrected chi connectivity index (χ3v) is 5.50. The number of aromatic nitrogens is 1. The van der Waals surface area contributed by atoms with Gasteiger partial charge in [0.2, 0.25) is 6.79 Å². The molecule has 6 heteroatoms. The quantitative estimate of drug-likeness (QED) is 0.747. The van der Waals surface area contributed by atoms with Gasteiger partial charge in [0.05, 0.1) is 5.69 Å². The van der Waals surface area contributed by atoms with E-state index in [0.717, 1.165) is 53.0 Å². The first kappa shape index (κ1) is 15.7. The molecule has 0 saturated carbocycles. The molecule has 3 heterocycles. The number of rotatable bonds is 5. The second kappa shape index (κ2) is 6.63. The zero-order valence-electron chi connectivity index (χ0n) is 14.1. The average Bonchev–Trinajstić information content (AvgIpc) is 3.39. The summed E-state index contributed by atoms with van der Waals surface area (Å²) in [5, 5.41) is 6.54. The van der Waals surface area contributed by atoms with E-state index >= 15 is 0 Å². The fourth-order valence-electron chi connectivity index (χ4n) is 3.28. The van der Waals surface area contributed by atoms with Gasteiger partial charge in [0.15, 0.2) is 11.5 Å². The van der Waals surface area contributed by atoms with Crippen molar-refractivity contribution < 1.29 is 14.2 Å². The van der Waals surface area contributed by atoms with Crippen LogP contribution in [0.1, 0.15) is 11.3 Å². The molecular formula is C20H18N2O3S. The van der Waals surface area contributed by atoms with Crippen LogP contribution in [-0.4, -0.2) is 24.4 Å². The zero-order chi connectivity index (χ0) is 17.3. The first-order valence-corrected chi connectivity index (χ1v) is 9.53. The van der Waals surface area contributed by atoms with Crippen LogP contribution >= 0.6 is 11.3 Å². The third kappa shape index (κ3) is 3.02. The Balaban J connectivity index is 1.18. The van der Waals surface area contributed by atoms with E-state index in [-0.39, 0.29) is 6.10 Å². The Labute approximate surface area is 155 Å². The molecule has 0 saturated heterocycles. The van der Waals surface area contributed by atoms with Crippen molar-refractivity contribution in [2.24, 2.45) is 0 Å². The van der Waals surface area contributed by atoms with Gasteiger partial charge in [-0.2, -0.15) is 0 Å². The Morgan fingerprint density at radius 2 is 2.00 bits per heavy atom. The van der Waals surface area contributed by atoms with Crippen molar-refractivity contribution >= 4 is 11.3 Å². The molecule has 2 aromatic carbocycles. The van der Waals surface area contributed by atoms with Crippen molar-refractivity contribution in [3.05, 3.63) is 59.1 Å². The zero-order valence-corrected chi connectivity index (χ0v) is 14.9. The van der Waals surface area contributed by atoms with E-state index in [1.165, 1.54) is 5.56 Å². The molecule has 0 fully saturated rings. The topological polar surface area (TPSA) is 52.6 Å². The highest BCUT2D eigenvalue weighted by molar-refractivity contribution is 7.13. The molecule has 1 unspecified atom stereocenters. The average molecular weight is 366 g/mol. The molecule has 0 bridgehead atoms. The van der Waals surface area contributed by atoms with Crippen LogP contribution in [0.5, 0.6) is 17.2 Å². The van der Waals surface area contributed by atoms with Gasteiger partial charge in [-0.05, 0) is 29.8 Å². The molecule has 2 aliphatic heterocycles. The number of para-hydroxylation sites is 1. The Morgan fingerprint density at radius 3 is 2.96 bits per heavy atom. The maximum Gasteiger partial charge on any atom is 0.231 e. The molecule has 1 N–H and O–H groups in total. The minimum atomic E-state index is 0.194. The lowest BCUT2D eigenvalue weighted by Gasteiger charge is -2.11. The van der Waals surface area contributed by atoms with E-state index in [1.54, 1.807) is 11.3 Å². The van der Waals surface area contributed by atoms with Gasteiger partial charge in [-0.1, -0.05) is 18.2 Å². The van der Waals surface area contributed by atoms with Crippen molar-refractivity contribution in [2.45, 2.75) is 19.1 Å². The molecule has 3 aromatic rings. The minimum absolute atomic E-state index is 0.194. The third-order valence-electron chi connectivity index (χ3n) is 4.56. The summed E-state index contributed by atoms with van der Waals surface area (Å²) in [4.78, 5) is 4.73. The second-order valence-corrected chi connectivity index (χ2v) is 7.25. The standard InChI is InChI=1S/C20H18N2O3S/c1-2-4-17-13(3-1)7-16(25-17)10-21-9-15-11-26-20(22-15)14-5-6-18-19(8-14)24-12-23-18/h1-6,8,11,16,21H,7,9-10,12H2. The normalized spacial score (nSPS) is 17.2. The van der Waals surface area contributed by atoms with Gasteiger partial charge in [-0.25, -0.2) is 4.98 Å². The van der Waals surface area contributed by atoms with Crippen LogP contribution in [0.15, 0.2) is 47.8 Å². The van der Waals surface area contributed by atoms with Crippen LogP contribution < -0.4 is 19.5 Å². The van der Waals surface area contributed by atoms with Crippen molar-refractivity contribution in [2.75, 3.05) is 13.3 Å². The van der Waals surface area contributed by atoms with E-state index in [9.17, 15) is 0 Å². The van der Waals surface area contributed by atoms with Gasteiger partial charge in [-0.15, -0.1) is 11.3 Å². The van der Waals surface area contributed by atoms with Gasteiger partial charge in [-0.3, -0.25) is 0 Å². The molecule has 5 nitrogen and oxygen atoms in total. The fraction of sp³-hybridized carbons (Fsp3) is 0.250. The highest BCUT2D eigenvalue weighted by Gasteiger charge is 2.21. The smallest absolute Gasteiger partial charge is 0.231 e. The molecule has 0 radical (unpaired) electrons. The van der Waals surface area contributed by atoms with E-state index in [0.29, 0.717) is 6.79 Å². The number of fused-ring (bicyclic) bond motifs is 2. The predicted molar refractivity (Wildman–Crippen MR) is 99.9 cm³/mol. The number of hydrogen-bond acceptors (Lipinski definition) is 6. The Kier molecular flexibility index (Phi) is 3.99. The highest BCUT2D eigenvalue weighted by Crippen LogP contribution is 2.36. The number of nitrogens with zero attached hydrogens (tertiary/aromatic N) is 1. The maximum atomic E-state index is 5.96. The molecule has 26 heavy (non-hydrogen) atoms. The lowest BCUT2D eigenvalue weighted by atomic mass is 10.1. The SMILES string of the molecule is c1ccc2c(c1)CC(CNCc1csc(-c3ccc4c(c3)OCO4)n1)O2. The van der Waals surface area contributed by atoms with Crippen LogP contribution in [0.3, 0.4) is 0 Å². The van der Waals surface area contributed by atoms with Gasteiger partial charge < -0.3 is 19.5 Å². The first-order valence-electron chi connectivity index (χ1n) is 8.65. The summed E-state index contributed by atoms with van der Waals surface area (Å²) in [6, 6.07) is 14.2. The van der Waals surface area contributed by atoms with Crippen molar-refractivity contribution in [3.63, 3.8) is 0 Å². The minimum Gasteiger partial charge on any atom is -0.488 e. The molecule has 0 aliphatic carbocycles. The highest BCUT2D eigenvalue weighted by atomic mass is 32.1. The summed E-state index contributed by atoms with van der Waals surface area (Å²) in [7, 11) is 0. The summed E-state index contributed by atoms with van der Waals surface area (Å²) < 4.78 is 16.8. The summed E-state index contributed by atoms with van der Waals surface area (Å²) in [5.41, 5.74) is 3.39. The predicted octanol–water partition coefficient (Wildman–Crippen LogP) is 3.63. The largest absolute Gasteiger partial charge is 0.488 e. The molecular weight excluding hydrogens is 348 g/mol. The number of benzene rings is 2. The van der Waals surface area contributed by atoms with E-state index in [1.807, 2.05) is 30.3 Å². The lowest BCUT2D eigenvalue weighted by molar-refractivity contribution is 0.174. The molecule has 0 spiro atoms. The van der Waals surface area contributed by atoms with Crippen LogP contribution in [0.2, 0.25) is 0 Å². The summed E-state index contributed by atoms with van der Waals surface area (Å²) in [5.74, 6) is 2.60. The number of nitrogens with one attached hydrogen (secondary N) is 1. The van der Waals surface area contributed by atoms with Crippen molar-refractivity contribution in [1.29, 1.82) is 0 Å². The monoisotopic (exact) mass is 366 g/mol. The van der Waals surface area contributed by atoms with E-state index < -0.39 is 0 Å².